The molecule has 3 aromatic rings. The van der Waals surface area contributed by atoms with Gasteiger partial charge in [-0.3, -0.25) is 4.79 Å². The molecule has 2 aliphatic heterocycles. The number of hydrogen-bond acceptors (Lipinski definition) is 5. The fraction of sp³-hybridized carbons (Fsp3) is 0.192. The molecule has 7 nitrogen and oxygen atoms in total. The van der Waals surface area contributed by atoms with Gasteiger partial charge in [0.15, 0.2) is 23.3 Å². The molecule has 3 heterocycles. The zero-order valence-corrected chi connectivity index (χ0v) is 20.6. The minimum atomic E-state index is -1.56. The highest BCUT2D eigenvalue weighted by atomic mass is 35.5. The van der Waals surface area contributed by atoms with Crippen molar-refractivity contribution >= 4 is 29.0 Å². The molecule has 0 saturated heterocycles. The van der Waals surface area contributed by atoms with E-state index in [0.29, 0.717) is 22.2 Å². The second-order valence-electron chi connectivity index (χ2n) is 8.60. The predicted octanol–water partition coefficient (Wildman–Crippen LogP) is 5.76. The Bertz CT molecular complexity index is 1470. The monoisotopic (exact) mass is 527 g/mol. The smallest absolute Gasteiger partial charge is 0.247 e. The summed E-state index contributed by atoms with van der Waals surface area (Å²) in [5.74, 6) is -3.81. The van der Waals surface area contributed by atoms with E-state index in [-0.39, 0.29) is 24.2 Å². The summed E-state index contributed by atoms with van der Waals surface area (Å²) in [5, 5.41) is 3.51. The Kier molecular flexibility index (Phi) is 6.51. The molecule has 11 heteroatoms. The van der Waals surface area contributed by atoms with Crippen molar-refractivity contribution in [3.63, 3.8) is 0 Å². The van der Waals surface area contributed by atoms with Crippen LogP contribution >= 0.6 is 11.6 Å². The lowest BCUT2D eigenvalue weighted by molar-refractivity contribution is -0.117. The van der Waals surface area contributed by atoms with Crippen LogP contribution in [0.2, 0.25) is 0 Å². The number of amidine groups is 1. The van der Waals surface area contributed by atoms with Crippen LogP contribution in [0.1, 0.15) is 30.1 Å². The zero-order valence-electron chi connectivity index (χ0n) is 19.8. The van der Waals surface area contributed by atoms with E-state index in [2.05, 4.69) is 15.3 Å². The van der Waals surface area contributed by atoms with Gasteiger partial charge in [0.05, 0.1) is 41.6 Å². The topological polar surface area (TPSA) is 71.8 Å². The molecule has 0 fully saturated rings. The van der Waals surface area contributed by atoms with Gasteiger partial charge >= 0.3 is 0 Å². The van der Waals surface area contributed by atoms with Crippen LogP contribution in [0.5, 0.6) is 5.75 Å². The Morgan fingerprint density at radius 1 is 1.16 bits per heavy atom. The molecule has 2 aromatic carbocycles. The number of benzene rings is 2. The number of fused-ring (bicyclic) bond motifs is 1. The first-order chi connectivity index (χ1) is 17.7. The number of aromatic nitrogens is 2. The van der Waals surface area contributed by atoms with E-state index in [0.717, 1.165) is 23.5 Å². The Labute approximate surface area is 215 Å². The van der Waals surface area contributed by atoms with E-state index in [1.54, 1.807) is 30.5 Å². The molecule has 0 radical (unpaired) electrons. The van der Waals surface area contributed by atoms with Crippen molar-refractivity contribution in [2.45, 2.75) is 25.8 Å². The number of ether oxygens (including phenoxy) is 1. The Morgan fingerprint density at radius 2 is 1.92 bits per heavy atom. The molecule has 0 bridgehead atoms. The van der Waals surface area contributed by atoms with Crippen LogP contribution < -0.4 is 10.1 Å². The molecule has 1 N–H and O–H groups in total. The Morgan fingerprint density at radius 3 is 2.59 bits per heavy atom. The van der Waals surface area contributed by atoms with Gasteiger partial charge in [-0.1, -0.05) is 11.6 Å². The fourth-order valence-corrected chi connectivity index (χ4v) is 4.58. The van der Waals surface area contributed by atoms with Gasteiger partial charge in [0.25, 0.3) is 0 Å². The van der Waals surface area contributed by atoms with Crippen LogP contribution in [0, 0.1) is 24.4 Å². The van der Waals surface area contributed by atoms with Gasteiger partial charge in [0.2, 0.25) is 5.91 Å². The third-order valence-corrected chi connectivity index (χ3v) is 6.27. The number of carbonyl (C=O) groups is 1. The van der Waals surface area contributed by atoms with Crippen molar-refractivity contribution in [2.75, 3.05) is 12.4 Å². The number of aryl methyl sites for hydroxylation is 1. The SMILES string of the molecule is COc1cc(NC2=CC(Cl)=CN3C2=NC(=O)CCC3c2cc(F)c(F)c(F)c2)ccc1-n1cnc(C)c1. The van der Waals surface area contributed by atoms with E-state index < -0.39 is 29.4 Å². The number of nitrogens with one attached hydrogen (secondary N) is 1. The number of carbonyl (C=O) groups excluding carboxylic acids is 1. The number of imidazole rings is 1. The van der Waals surface area contributed by atoms with Gasteiger partial charge in [-0.25, -0.2) is 18.2 Å². The average molecular weight is 528 g/mol. The summed E-state index contributed by atoms with van der Waals surface area (Å²) in [6, 6.07) is 6.55. The lowest BCUT2D eigenvalue weighted by Crippen LogP contribution is -2.35. The van der Waals surface area contributed by atoms with E-state index in [1.165, 1.54) is 6.20 Å². The van der Waals surface area contributed by atoms with Gasteiger partial charge in [0, 0.05) is 30.6 Å². The largest absolute Gasteiger partial charge is 0.494 e. The molecule has 2 aliphatic rings. The maximum atomic E-state index is 14.1. The highest BCUT2D eigenvalue weighted by molar-refractivity contribution is 6.32. The molecule has 190 valence electrons. The highest BCUT2D eigenvalue weighted by Gasteiger charge is 2.32. The van der Waals surface area contributed by atoms with Crippen LogP contribution in [0.15, 0.2) is 70.9 Å². The molecule has 0 spiro atoms. The van der Waals surface area contributed by atoms with Crippen LogP contribution in [-0.4, -0.2) is 33.3 Å². The summed E-state index contributed by atoms with van der Waals surface area (Å²) in [6.07, 6.45) is 6.88. The molecule has 1 aromatic heterocycles. The number of hydrogen-bond donors (Lipinski definition) is 1. The molecule has 1 atom stereocenters. The van der Waals surface area contributed by atoms with Gasteiger partial charge in [0.1, 0.15) is 5.75 Å². The van der Waals surface area contributed by atoms with Crippen LogP contribution in [-0.2, 0) is 4.79 Å². The number of amides is 1. The van der Waals surface area contributed by atoms with Crippen molar-refractivity contribution < 1.29 is 22.7 Å². The molecule has 0 aliphatic carbocycles. The summed E-state index contributed by atoms with van der Waals surface area (Å²) in [4.78, 5) is 22.6. The van der Waals surface area contributed by atoms with Crippen molar-refractivity contribution in [1.82, 2.24) is 14.5 Å². The Balaban J connectivity index is 1.50. The molecule has 1 unspecified atom stereocenters. The lowest BCUT2D eigenvalue weighted by Gasteiger charge is -2.33. The van der Waals surface area contributed by atoms with Crippen LogP contribution in [0.25, 0.3) is 5.69 Å². The second-order valence-corrected chi connectivity index (χ2v) is 9.03. The molecular formula is C26H21ClF3N5O2. The van der Waals surface area contributed by atoms with E-state index in [9.17, 15) is 18.0 Å². The standard InChI is InChI=1S/C26H21ClF3N5O2/c1-14-11-34(13-31-14)22-4-3-17(10-23(22)37-2)32-20-9-16(27)12-35-21(5-6-24(36)33-26(20)35)15-7-18(28)25(30)19(29)8-15/h3-4,7-13,21,32H,5-6H2,1-2H3. The summed E-state index contributed by atoms with van der Waals surface area (Å²) in [7, 11) is 1.55. The maximum absolute atomic E-state index is 14.1. The average Bonchev–Trinajstić information content (AvgIpc) is 3.22. The van der Waals surface area contributed by atoms with Gasteiger partial charge in [-0.2, -0.15) is 4.99 Å². The molecule has 1 amide bonds. The quantitative estimate of drug-likeness (QED) is 0.427. The Hall–Kier alpha value is -4.05. The number of methoxy groups -OCH3 is 1. The maximum Gasteiger partial charge on any atom is 0.247 e. The van der Waals surface area contributed by atoms with E-state index in [4.69, 9.17) is 16.3 Å². The van der Waals surface area contributed by atoms with Crippen LogP contribution in [0.4, 0.5) is 18.9 Å². The first kappa shape index (κ1) is 24.6. The van der Waals surface area contributed by atoms with Crippen LogP contribution in [0.3, 0.4) is 0 Å². The van der Waals surface area contributed by atoms with E-state index >= 15 is 0 Å². The number of rotatable bonds is 5. The van der Waals surface area contributed by atoms with Crippen molar-refractivity contribution in [3.05, 3.63) is 94.6 Å². The molecule has 0 saturated carbocycles. The normalized spacial score (nSPS) is 17.5. The van der Waals surface area contributed by atoms with E-state index in [1.807, 2.05) is 29.8 Å². The second kappa shape index (κ2) is 9.78. The summed E-state index contributed by atoms with van der Waals surface area (Å²) < 4.78 is 49.1. The van der Waals surface area contributed by atoms with Crippen molar-refractivity contribution in [1.29, 1.82) is 0 Å². The van der Waals surface area contributed by atoms with Gasteiger partial charge < -0.3 is 19.5 Å². The lowest BCUT2D eigenvalue weighted by atomic mass is 9.99. The number of anilines is 1. The minimum absolute atomic E-state index is 0.0247. The zero-order chi connectivity index (χ0) is 26.3. The summed E-state index contributed by atoms with van der Waals surface area (Å²) in [5.41, 5.74) is 2.79. The number of allylic oxidation sites excluding steroid dienone is 2. The first-order valence-electron chi connectivity index (χ1n) is 11.3. The summed E-state index contributed by atoms with van der Waals surface area (Å²) in [6.45, 7) is 1.88. The first-order valence-corrected chi connectivity index (χ1v) is 11.7. The molecule has 5 rings (SSSR count). The van der Waals surface area contributed by atoms with Crippen molar-refractivity contribution in [2.24, 2.45) is 4.99 Å². The van der Waals surface area contributed by atoms with Gasteiger partial charge in [-0.05, 0) is 49.2 Å². The third kappa shape index (κ3) is 4.84. The van der Waals surface area contributed by atoms with Crippen molar-refractivity contribution in [3.8, 4) is 11.4 Å². The molecule has 37 heavy (non-hydrogen) atoms. The highest BCUT2D eigenvalue weighted by Crippen LogP contribution is 2.36. The summed E-state index contributed by atoms with van der Waals surface area (Å²) >= 11 is 6.41. The number of nitrogens with zero attached hydrogens (tertiary/aromatic N) is 4. The molecular weight excluding hydrogens is 507 g/mol. The number of halogens is 4. The predicted molar refractivity (Wildman–Crippen MR) is 133 cm³/mol. The third-order valence-electron chi connectivity index (χ3n) is 6.07. The number of aliphatic imine (C=N–C) groups is 1. The van der Waals surface area contributed by atoms with Gasteiger partial charge in [-0.15, -0.1) is 0 Å². The fourth-order valence-electron chi connectivity index (χ4n) is 4.37. The minimum Gasteiger partial charge on any atom is -0.494 e.